The van der Waals surface area contributed by atoms with Crippen LogP contribution >= 0.6 is 0 Å². The molecule has 4 rings (SSSR count). The molecular formula is C17H19N3O4. The Kier molecular flexibility index (Phi) is 3.44. The number of anilines is 1. The van der Waals surface area contributed by atoms with Crippen molar-refractivity contribution in [2.24, 2.45) is 5.92 Å². The first-order valence-electron chi connectivity index (χ1n) is 8.19. The van der Waals surface area contributed by atoms with Gasteiger partial charge in [-0.25, -0.2) is 9.69 Å². The van der Waals surface area contributed by atoms with Crippen molar-refractivity contribution in [3.05, 3.63) is 24.3 Å². The Labute approximate surface area is 139 Å². The van der Waals surface area contributed by atoms with E-state index in [2.05, 4.69) is 5.32 Å². The van der Waals surface area contributed by atoms with Gasteiger partial charge in [0.25, 0.3) is 5.91 Å². The molecule has 0 spiro atoms. The van der Waals surface area contributed by atoms with E-state index < -0.39 is 12.1 Å². The van der Waals surface area contributed by atoms with Crippen LogP contribution in [0.4, 0.5) is 10.5 Å². The Morgan fingerprint density at radius 3 is 2.75 bits per heavy atom. The van der Waals surface area contributed by atoms with Crippen LogP contribution in [-0.2, 0) is 9.59 Å². The summed E-state index contributed by atoms with van der Waals surface area (Å²) in [6.07, 6.45) is 2.41. The van der Waals surface area contributed by atoms with Crippen LogP contribution in [0.2, 0.25) is 0 Å². The van der Waals surface area contributed by atoms with Gasteiger partial charge in [0.05, 0.1) is 18.8 Å². The van der Waals surface area contributed by atoms with Gasteiger partial charge in [-0.1, -0.05) is 6.07 Å². The lowest BCUT2D eigenvalue weighted by molar-refractivity contribution is -0.139. The summed E-state index contributed by atoms with van der Waals surface area (Å²) in [7, 11) is 1.53. The predicted octanol–water partition coefficient (Wildman–Crippen LogP) is 1.13. The summed E-state index contributed by atoms with van der Waals surface area (Å²) < 4.78 is 5.17. The van der Waals surface area contributed by atoms with Gasteiger partial charge in [0.1, 0.15) is 11.8 Å². The number of fused-ring (bicyclic) bond motifs is 1. The van der Waals surface area contributed by atoms with Gasteiger partial charge in [0, 0.05) is 18.5 Å². The van der Waals surface area contributed by atoms with Crippen molar-refractivity contribution < 1.29 is 19.1 Å². The highest BCUT2D eigenvalue weighted by Gasteiger charge is 2.51. The standard InChI is InChI=1S/C17H19N3O4/c1-24-12-4-2-3-11(9-12)20-16(22)14-13(18-17(20)23)7-8-19(14)15(21)10-5-6-10/h2-4,9-10,13-14H,5-8H2,1H3,(H,18,23)/t13-,14+/m1/s1. The van der Waals surface area contributed by atoms with Crippen LogP contribution in [0.25, 0.3) is 0 Å². The first-order valence-corrected chi connectivity index (χ1v) is 8.19. The molecule has 0 bridgehead atoms. The zero-order chi connectivity index (χ0) is 16.8. The van der Waals surface area contributed by atoms with E-state index in [4.69, 9.17) is 4.74 Å². The van der Waals surface area contributed by atoms with Crippen molar-refractivity contribution in [3.63, 3.8) is 0 Å². The number of nitrogens with one attached hydrogen (secondary N) is 1. The number of methoxy groups -OCH3 is 1. The van der Waals surface area contributed by atoms with Crippen LogP contribution in [0.1, 0.15) is 19.3 Å². The maximum Gasteiger partial charge on any atom is 0.329 e. The molecule has 1 aromatic carbocycles. The molecule has 1 aliphatic carbocycles. The second-order valence-electron chi connectivity index (χ2n) is 6.47. The van der Waals surface area contributed by atoms with Gasteiger partial charge in [-0.3, -0.25) is 9.59 Å². The number of imide groups is 1. The number of urea groups is 1. The summed E-state index contributed by atoms with van der Waals surface area (Å²) in [5.41, 5.74) is 0.445. The molecule has 126 valence electrons. The molecule has 0 radical (unpaired) electrons. The van der Waals surface area contributed by atoms with E-state index in [1.165, 1.54) is 7.11 Å². The van der Waals surface area contributed by atoms with Gasteiger partial charge in [-0.05, 0) is 31.4 Å². The first-order chi connectivity index (χ1) is 11.6. The Morgan fingerprint density at radius 1 is 1.25 bits per heavy atom. The van der Waals surface area contributed by atoms with Crippen LogP contribution in [-0.4, -0.2) is 48.5 Å². The number of hydrogen-bond donors (Lipinski definition) is 1. The SMILES string of the molecule is COc1cccc(N2C(=O)N[C@@H]3CCN(C(=O)C4CC4)[C@@H]3C2=O)c1. The van der Waals surface area contributed by atoms with Crippen molar-refractivity contribution in [2.45, 2.75) is 31.3 Å². The summed E-state index contributed by atoms with van der Waals surface area (Å²) in [6, 6.07) is 5.44. The number of hydrogen-bond acceptors (Lipinski definition) is 4. The summed E-state index contributed by atoms with van der Waals surface area (Å²) >= 11 is 0. The van der Waals surface area contributed by atoms with Crippen LogP contribution < -0.4 is 15.0 Å². The molecule has 2 saturated heterocycles. The number of carbonyl (C=O) groups excluding carboxylic acids is 3. The highest BCUT2D eigenvalue weighted by molar-refractivity contribution is 6.19. The Morgan fingerprint density at radius 2 is 2.04 bits per heavy atom. The minimum Gasteiger partial charge on any atom is -0.497 e. The third-order valence-corrected chi connectivity index (χ3v) is 4.90. The topological polar surface area (TPSA) is 79.0 Å². The van der Waals surface area contributed by atoms with Crippen molar-refractivity contribution in [1.82, 2.24) is 10.2 Å². The molecule has 0 unspecified atom stereocenters. The molecule has 24 heavy (non-hydrogen) atoms. The molecular weight excluding hydrogens is 310 g/mol. The van der Waals surface area contributed by atoms with Gasteiger partial charge in [0.15, 0.2) is 0 Å². The minimum atomic E-state index is -0.609. The maximum atomic E-state index is 13.0. The Hall–Kier alpha value is -2.57. The molecule has 7 heteroatoms. The van der Waals surface area contributed by atoms with Crippen LogP contribution in [0.5, 0.6) is 5.75 Å². The lowest BCUT2D eigenvalue weighted by Crippen LogP contribution is -2.65. The van der Waals surface area contributed by atoms with Gasteiger partial charge in [-0.15, -0.1) is 0 Å². The van der Waals surface area contributed by atoms with E-state index in [9.17, 15) is 14.4 Å². The highest BCUT2D eigenvalue weighted by Crippen LogP contribution is 2.36. The van der Waals surface area contributed by atoms with Crippen molar-refractivity contribution in [1.29, 1.82) is 0 Å². The number of rotatable bonds is 3. The average molecular weight is 329 g/mol. The van der Waals surface area contributed by atoms with Crippen LogP contribution in [0.15, 0.2) is 24.3 Å². The van der Waals surface area contributed by atoms with E-state index >= 15 is 0 Å². The summed E-state index contributed by atoms with van der Waals surface area (Å²) in [4.78, 5) is 40.6. The maximum absolute atomic E-state index is 13.0. The quantitative estimate of drug-likeness (QED) is 0.902. The fraction of sp³-hybridized carbons (Fsp3) is 0.471. The summed E-state index contributed by atoms with van der Waals surface area (Å²) in [5, 5.41) is 2.87. The Balaban J connectivity index is 1.65. The minimum absolute atomic E-state index is 0.0394. The molecule has 3 fully saturated rings. The molecule has 4 amide bonds. The zero-order valence-corrected chi connectivity index (χ0v) is 13.4. The fourth-order valence-electron chi connectivity index (χ4n) is 3.51. The Bertz CT molecular complexity index is 716. The van der Waals surface area contributed by atoms with Gasteiger partial charge >= 0.3 is 6.03 Å². The molecule has 3 aliphatic rings. The van der Waals surface area contributed by atoms with E-state index in [-0.39, 0.29) is 23.8 Å². The van der Waals surface area contributed by atoms with Gasteiger partial charge in [-0.2, -0.15) is 0 Å². The summed E-state index contributed by atoms with van der Waals surface area (Å²) in [6.45, 7) is 0.517. The van der Waals surface area contributed by atoms with Crippen molar-refractivity contribution >= 4 is 23.5 Å². The second kappa shape index (κ2) is 5.51. The first kappa shape index (κ1) is 15.0. The zero-order valence-electron chi connectivity index (χ0n) is 13.4. The van der Waals surface area contributed by atoms with E-state index in [0.717, 1.165) is 17.7 Å². The normalized spacial score (nSPS) is 26.2. The second-order valence-corrected chi connectivity index (χ2v) is 6.47. The molecule has 1 saturated carbocycles. The lowest BCUT2D eigenvalue weighted by Gasteiger charge is -2.37. The molecule has 2 atom stereocenters. The van der Waals surface area contributed by atoms with Crippen LogP contribution in [0, 0.1) is 5.92 Å². The van der Waals surface area contributed by atoms with Crippen molar-refractivity contribution in [2.75, 3.05) is 18.6 Å². The number of amides is 4. The number of likely N-dealkylation sites (tertiary alicyclic amines) is 1. The average Bonchev–Trinajstić information content (AvgIpc) is 3.34. The third kappa shape index (κ3) is 2.31. The highest BCUT2D eigenvalue weighted by atomic mass is 16.5. The largest absolute Gasteiger partial charge is 0.497 e. The molecule has 1 N–H and O–H groups in total. The van der Waals surface area contributed by atoms with E-state index in [1.807, 2.05) is 0 Å². The number of carbonyl (C=O) groups is 3. The molecule has 0 aromatic heterocycles. The molecule has 2 heterocycles. The fourth-order valence-corrected chi connectivity index (χ4v) is 3.51. The van der Waals surface area contributed by atoms with Gasteiger partial charge < -0.3 is 15.0 Å². The molecule has 7 nitrogen and oxygen atoms in total. The predicted molar refractivity (Wildman–Crippen MR) is 85.6 cm³/mol. The molecule has 2 aliphatic heterocycles. The number of nitrogens with zero attached hydrogens (tertiary/aromatic N) is 2. The number of benzene rings is 1. The smallest absolute Gasteiger partial charge is 0.329 e. The monoisotopic (exact) mass is 329 g/mol. The van der Waals surface area contributed by atoms with E-state index in [1.54, 1.807) is 29.2 Å². The van der Waals surface area contributed by atoms with Gasteiger partial charge in [0.2, 0.25) is 5.91 Å². The third-order valence-electron chi connectivity index (χ3n) is 4.90. The molecule has 1 aromatic rings. The number of ether oxygens (including phenoxy) is 1. The lowest BCUT2D eigenvalue weighted by atomic mass is 10.0. The van der Waals surface area contributed by atoms with E-state index in [0.29, 0.717) is 24.4 Å². The summed E-state index contributed by atoms with van der Waals surface area (Å²) in [5.74, 6) is 0.313. The van der Waals surface area contributed by atoms with Crippen molar-refractivity contribution in [3.8, 4) is 5.75 Å². The van der Waals surface area contributed by atoms with Crippen LogP contribution in [0.3, 0.4) is 0 Å².